The second kappa shape index (κ2) is 6.14. The van der Waals surface area contributed by atoms with E-state index in [4.69, 9.17) is 18.0 Å². The number of aromatic nitrogens is 1. The molecule has 0 aliphatic heterocycles. The molecule has 3 nitrogen and oxygen atoms in total. The van der Waals surface area contributed by atoms with Crippen molar-refractivity contribution < 1.29 is 0 Å². The van der Waals surface area contributed by atoms with Crippen molar-refractivity contribution in [1.82, 2.24) is 4.98 Å². The number of nitrogens with one attached hydrogen (secondary N) is 1. The highest BCUT2D eigenvalue weighted by atomic mass is 32.1. The standard InChI is InChI=1S/C14H21N3S/c1-10-4-2-5-11(8-10)9-17-14-12(13(15)18)6-3-7-16-14/h3,6-7,10-11H,2,4-5,8-9H2,1H3,(H2,15,18)(H,16,17). The maximum absolute atomic E-state index is 5.70. The Kier molecular flexibility index (Phi) is 4.53. The van der Waals surface area contributed by atoms with Crippen LogP contribution in [0.4, 0.5) is 5.82 Å². The van der Waals surface area contributed by atoms with Crippen molar-refractivity contribution in [3.05, 3.63) is 23.9 Å². The van der Waals surface area contributed by atoms with Crippen molar-refractivity contribution in [2.24, 2.45) is 17.6 Å². The smallest absolute Gasteiger partial charge is 0.136 e. The zero-order valence-electron chi connectivity index (χ0n) is 10.9. The van der Waals surface area contributed by atoms with Crippen LogP contribution in [0.1, 0.15) is 38.2 Å². The van der Waals surface area contributed by atoms with E-state index in [2.05, 4.69) is 17.2 Å². The van der Waals surface area contributed by atoms with Crippen LogP contribution in [0.15, 0.2) is 18.3 Å². The van der Waals surface area contributed by atoms with E-state index >= 15 is 0 Å². The minimum atomic E-state index is 0.405. The molecule has 1 aliphatic carbocycles. The third-order valence-electron chi connectivity index (χ3n) is 3.68. The van der Waals surface area contributed by atoms with Gasteiger partial charge in [-0.2, -0.15) is 0 Å². The van der Waals surface area contributed by atoms with Crippen molar-refractivity contribution in [3.8, 4) is 0 Å². The van der Waals surface area contributed by atoms with Gasteiger partial charge in [0.05, 0.1) is 5.56 Å². The first-order valence-electron chi connectivity index (χ1n) is 6.65. The average Bonchev–Trinajstić information content (AvgIpc) is 2.37. The van der Waals surface area contributed by atoms with Gasteiger partial charge in [-0.05, 0) is 36.8 Å². The summed E-state index contributed by atoms with van der Waals surface area (Å²) < 4.78 is 0. The van der Waals surface area contributed by atoms with E-state index in [1.54, 1.807) is 6.20 Å². The van der Waals surface area contributed by atoms with Gasteiger partial charge in [0.1, 0.15) is 10.8 Å². The summed E-state index contributed by atoms with van der Waals surface area (Å²) in [6, 6.07) is 3.78. The Balaban J connectivity index is 1.95. The monoisotopic (exact) mass is 263 g/mol. The summed E-state index contributed by atoms with van der Waals surface area (Å²) in [6.07, 6.45) is 7.11. The van der Waals surface area contributed by atoms with E-state index in [0.717, 1.165) is 29.8 Å². The van der Waals surface area contributed by atoms with Crippen LogP contribution in [0.5, 0.6) is 0 Å². The van der Waals surface area contributed by atoms with E-state index in [0.29, 0.717) is 4.99 Å². The lowest BCUT2D eigenvalue weighted by molar-refractivity contribution is 0.293. The molecule has 0 saturated heterocycles. The van der Waals surface area contributed by atoms with Crippen LogP contribution in [0.3, 0.4) is 0 Å². The molecule has 1 aromatic heterocycles. The van der Waals surface area contributed by atoms with Crippen molar-refractivity contribution in [2.45, 2.75) is 32.6 Å². The second-order valence-electron chi connectivity index (χ2n) is 5.28. The molecule has 1 aromatic rings. The van der Waals surface area contributed by atoms with Crippen LogP contribution in [0.2, 0.25) is 0 Å². The molecule has 4 heteroatoms. The summed E-state index contributed by atoms with van der Waals surface area (Å²) in [5, 5.41) is 3.41. The highest BCUT2D eigenvalue weighted by molar-refractivity contribution is 7.80. The van der Waals surface area contributed by atoms with Crippen LogP contribution < -0.4 is 11.1 Å². The quantitative estimate of drug-likeness (QED) is 0.820. The Morgan fingerprint density at radius 1 is 1.56 bits per heavy atom. The molecule has 0 amide bonds. The molecule has 98 valence electrons. The van der Waals surface area contributed by atoms with Gasteiger partial charge in [-0.1, -0.05) is 32.0 Å². The fraction of sp³-hybridized carbons (Fsp3) is 0.571. The van der Waals surface area contributed by atoms with Crippen LogP contribution in [0.25, 0.3) is 0 Å². The van der Waals surface area contributed by atoms with E-state index in [1.165, 1.54) is 25.7 Å². The maximum Gasteiger partial charge on any atom is 0.136 e. The van der Waals surface area contributed by atoms with Crippen LogP contribution in [0, 0.1) is 11.8 Å². The molecule has 3 N–H and O–H groups in total. The molecule has 1 saturated carbocycles. The average molecular weight is 263 g/mol. The van der Waals surface area contributed by atoms with Crippen molar-refractivity contribution in [2.75, 3.05) is 11.9 Å². The molecule has 2 unspecified atom stereocenters. The Morgan fingerprint density at radius 3 is 3.11 bits per heavy atom. The molecule has 0 bridgehead atoms. The van der Waals surface area contributed by atoms with Crippen LogP contribution >= 0.6 is 12.2 Å². The molecule has 2 atom stereocenters. The number of thiocarbonyl (C=S) groups is 1. The lowest BCUT2D eigenvalue weighted by Crippen LogP contribution is -2.23. The highest BCUT2D eigenvalue weighted by Gasteiger charge is 2.19. The van der Waals surface area contributed by atoms with E-state index < -0.39 is 0 Å². The molecule has 1 heterocycles. The zero-order valence-corrected chi connectivity index (χ0v) is 11.7. The SMILES string of the molecule is CC1CCCC(CNc2ncccc2C(N)=S)C1. The first kappa shape index (κ1) is 13.3. The molecule has 0 spiro atoms. The number of rotatable bonds is 4. The first-order valence-corrected chi connectivity index (χ1v) is 7.06. The van der Waals surface area contributed by atoms with Crippen LogP contribution in [-0.4, -0.2) is 16.5 Å². The number of pyridine rings is 1. The topological polar surface area (TPSA) is 50.9 Å². The third kappa shape index (κ3) is 3.42. The van der Waals surface area contributed by atoms with Gasteiger partial charge in [-0.3, -0.25) is 0 Å². The Labute approximate surface area is 114 Å². The predicted octanol–water partition coefficient (Wildman–Crippen LogP) is 2.95. The van der Waals surface area contributed by atoms with E-state index in [9.17, 15) is 0 Å². The molecule has 1 fully saturated rings. The molecule has 1 aliphatic rings. The fourth-order valence-corrected chi connectivity index (χ4v) is 2.90. The summed E-state index contributed by atoms with van der Waals surface area (Å²) in [7, 11) is 0. The summed E-state index contributed by atoms with van der Waals surface area (Å²) in [5.41, 5.74) is 6.54. The minimum absolute atomic E-state index is 0.405. The largest absolute Gasteiger partial charge is 0.389 e. The number of anilines is 1. The van der Waals surface area contributed by atoms with Gasteiger partial charge in [0.15, 0.2) is 0 Å². The van der Waals surface area contributed by atoms with Crippen LogP contribution in [-0.2, 0) is 0 Å². The summed E-state index contributed by atoms with van der Waals surface area (Å²) in [6.45, 7) is 3.31. The number of nitrogens with two attached hydrogens (primary N) is 1. The van der Waals surface area contributed by atoms with Crippen molar-refractivity contribution in [3.63, 3.8) is 0 Å². The van der Waals surface area contributed by atoms with Gasteiger partial charge in [0.25, 0.3) is 0 Å². The Morgan fingerprint density at radius 2 is 2.39 bits per heavy atom. The van der Waals surface area contributed by atoms with Gasteiger partial charge in [0.2, 0.25) is 0 Å². The molecule has 0 aromatic carbocycles. The van der Waals surface area contributed by atoms with Gasteiger partial charge in [-0.15, -0.1) is 0 Å². The van der Waals surface area contributed by atoms with Crippen molar-refractivity contribution >= 4 is 23.0 Å². The number of hydrogen-bond donors (Lipinski definition) is 2. The number of nitrogens with zero attached hydrogens (tertiary/aromatic N) is 1. The molecule has 18 heavy (non-hydrogen) atoms. The normalized spacial score (nSPS) is 23.6. The fourth-order valence-electron chi connectivity index (χ4n) is 2.73. The van der Waals surface area contributed by atoms with Gasteiger partial charge < -0.3 is 11.1 Å². The molecular formula is C14H21N3S. The Bertz CT molecular complexity index is 419. The van der Waals surface area contributed by atoms with Gasteiger partial charge in [-0.25, -0.2) is 4.98 Å². The lowest BCUT2D eigenvalue weighted by Gasteiger charge is -2.27. The zero-order chi connectivity index (χ0) is 13.0. The van der Waals surface area contributed by atoms with E-state index in [-0.39, 0.29) is 0 Å². The minimum Gasteiger partial charge on any atom is -0.389 e. The van der Waals surface area contributed by atoms with Gasteiger partial charge in [0, 0.05) is 12.7 Å². The second-order valence-corrected chi connectivity index (χ2v) is 5.72. The maximum atomic E-state index is 5.70. The molecule has 0 radical (unpaired) electrons. The molecular weight excluding hydrogens is 242 g/mol. The van der Waals surface area contributed by atoms with Gasteiger partial charge >= 0.3 is 0 Å². The van der Waals surface area contributed by atoms with E-state index in [1.807, 2.05) is 12.1 Å². The Hall–Kier alpha value is -1.16. The molecule has 2 rings (SSSR count). The van der Waals surface area contributed by atoms with Crippen molar-refractivity contribution in [1.29, 1.82) is 0 Å². The summed E-state index contributed by atoms with van der Waals surface area (Å²) in [5.74, 6) is 2.42. The number of hydrogen-bond acceptors (Lipinski definition) is 3. The predicted molar refractivity (Wildman–Crippen MR) is 79.7 cm³/mol. The summed E-state index contributed by atoms with van der Waals surface area (Å²) in [4.78, 5) is 4.73. The highest BCUT2D eigenvalue weighted by Crippen LogP contribution is 2.28. The first-order chi connectivity index (χ1) is 8.66. The summed E-state index contributed by atoms with van der Waals surface area (Å²) >= 11 is 5.04. The third-order valence-corrected chi connectivity index (χ3v) is 3.90. The lowest BCUT2D eigenvalue weighted by atomic mass is 9.82.